The fraction of sp³-hybridized carbons (Fsp3) is 0.667. The third-order valence-corrected chi connectivity index (χ3v) is 3.54. The number of rotatable bonds is 7. The molecule has 2 rings (SSSR count). The van der Waals surface area contributed by atoms with E-state index in [2.05, 4.69) is 16.8 Å². The summed E-state index contributed by atoms with van der Waals surface area (Å²) in [6.07, 6.45) is 5.18. The summed E-state index contributed by atoms with van der Waals surface area (Å²) in [5.41, 5.74) is 0. The summed E-state index contributed by atoms with van der Waals surface area (Å²) in [4.78, 5) is 6.76. The molecule has 0 amide bonds. The highest BCUT2D eigenvalue weighted by molar-refractivity contribution is 6.17. The number of ether oxygens (including phenoxy) is 2. The van der Waals surface area contributed by atoms with Gasteiger partial charge in [-0.05, 0) is 31.4 Å². The zero-order chi connectivity index (χ0) is 14.2. The summed E-state index contributed by atoms with van der Waals surface area (Å²) in [6.45, 7) is 5.38. The van der Waals surface area contributed by atoms with Crippen LogP contribution in [0.2, 0.25) is 0 Å². The minimum Gasteiger partial charge on any atom is -0.490 e. The number of piperidine rings is 1. The molecule has 1 aromatic heterocycles. The van der Waals surface area contributed by atoms with E-state index >= 15 is 0 Å². The fourth-order valence-corrected chi connectivity index (χ4v) is 2.48. The van der Waals surface area contributed by atoms with Crippen molar-refractivity contribution in [3.63, 3.8) is 0 Å². The molecule has 20 heavy (non-hydrogen) atoms. The molecule has 0 aliphatic carbocycles. The van der Waals surface area contributed by atoms with Gasteiger partial charge in [0.05, 0.1) is 19.3 Å². The summed E-state index contributed by atoms with van der Waals surface area (Å²) in [6, 6.07) is 3.92. The van der Waals surface area contributed by atoms with E-state index in [9.17, 15) is 0 Å². The van der Waals surface area contributed by atoms with E-state index in [1.165, 1.54) is 0 Å². The molecule has 0 bridgehead atoms. The number of alkyl halides is 1. The van der Waals surface area contributed by atoms with E-state index in [-0.39, 0.29) is 0 Å². The molecule has 0 spiro atoms. The number of anilines is 1. The van der Waals surface area contributed by atoms with Crippen LogP contribution in [0.3, 0.4) is 0 Å². The highest BCUT2D eigenvalue weighted by atomic mass is 35.5. The van der Waals surface area contributed by atoms with Gasteiger partial charge < -0.3 is 14.4 Å². The molecule has 0 N–H and O–H groups in total. The van der Waals surface area contributed by atoms with Crippen molar-refractivity contribution < 1.29 is 9.47 Å². The average molecular weight is 299 g/mol. The van der Waals surface area contributed by atoms with Gasteiger partial charge in [0.25, 0.3) is 0 Å². The Morgan fingerprint density at radius 1 is 1.35 bits per heavy atom. The number of nitrogens with zero attached hydrogens (tertiary/aromatic N) is 2. The molecule has 1 aliphatic rings. The maximum absolute atomic E-state index is 5.78. The number of hydrogen-bond acceptors (Lipinski definition) is 4. The summed E-state index contributed by atoms with van der Waals surface area (Å²) in [5, 5.41) is 0. The second-order valence-electron chi connectivity index (χ2n) is 4.92. The highest BCUT2D eigenvalue weighted by Crippen LogP contribution is 2.28. The lowest BCUT2D eigenvalue weighted by atomic mass is 10.1. The number of pyridine rings is 1. The second kappa shape index (κ2) is 8.32. The molecular formula is C15H23ClN2O2. The van der Waals surface area contributed by atoms with E-state index in [1.807, 2.05) is 18.3 Å². The number of hydrogen-bond donors (Lipinski definition) is 0. The van der Waals surface area contributed by atoms with E-state index in [4.69, 9.17) is 21.1 Å². The lowest BCUT2D eigenvalue weighted by Gasteiger charge is -2.33. The molecule has 4 nitrogen and oxygen atoms in total. The summed E-state index contributed by atoms with van der Waals surface area (Å²) in [7, 11) is 0. The molecule has 1 saturated heterocycles. The van der Waals surface area contributed by atoms with Gasteiger partial charge in [-0.3, -0.25) is 0 Å². The zero-order valence-corrected chi connectivity index (χ0v) is 12.8. The van der Waals surface area contributed by atoms with Gasteiger partial charge in [-0.2, -0.15) is 0 Å². The molecule has 1 fully saturated rings. The van der Waals surface area contributed by atoms with Crippen LogP contribution in [0.1, 0.15) is 26.2 Å². The summed E-state index contributed by atoms with van der Waals surface area (Å²) >= 11 is 5.65. The predicted octanol–water partition coefficient (Wildman–Crippen LogP) is 3.09. The third-order valence-electron chi connectivity index (χ3n) is 3.38. The highest BCUT2D eigenvalue weighted by Gasteiger charge is 2.22. The third kappa shape index (κ3) is 4.25. The molecule has 5 heteroatoms. The van der Waals surface area contributed by atoms with Gasteiger partial charge in [0.1, 0.15) is 0 Å². The largest absolute Gasteiger partial charge is 0.490 e. The van der Waals surface area contributed by atoms with Crippen LogP contribution >= 0.6 is 11.6 Å². The van der Waals surface area contributed by atoms with E-state index in [0.29, 0.717) is 18.6 Å². The molecule has 2 heterocycles. The molecule has 0 atom stereocenters. The first kappa shape index (κ1) is 15.4. The second-order valence-corrected chi connectivity index (χ2v) is 5.30. The van der Waals surface area contributed by atoms with Crippen molar-refractivity contribution >= 4 is 17.4 Å². The van der Waals surface area contributed by atoms with Crippen molar-refractivity contribution in [1.29, 1.82) is 0 Å². The molecule has 112 valence electrons. The van der Waals surface area contributed by atoms with Crippen molar-refractivity contribution in [2.75, 3.05) is 37.1 Å². The van der Waals surface area contributed by atoms with Crippen molar-refractivity contribution in [3.8, 4) is 5.75 Å². The molecular weight excluding hydrogens is 276 g/mol. The van der Waals surface area contributed by atoms with Crippen LogP contribution in [-0.4, -0.2) is 43.3 Å². The quantitative estimate of drug-likeness (QED) is 0.725. The zero-order valence-electron chi connectivity index (χ0n) is 12.1. The molecule has 0 unspecified atom stereocenters. The Morgan fingerprint density at radius 2 is 2.15 bits per heavy atom. The van der Waals surface area contributed by atoms with Crippen LogP contribution in [-0.2, 0) is 4.74 Å². The Balaban J connectivity index is 1.92. The average Bonchev–Trinajstić information content (AvgIpc) is 2.52. The molecule has 1 aromatic rings. The van der Waals surface area contributed by atoms with Crippen molar-refractivity contribution in [2.24, 2.45) is 0 Å². The fourth-order valence-electron chi connectivity index (χ4n) is 2.39. The van der Waals surface area contributed by atoms with Crippen LogP contribution in [0, 0.1) is 0 Å². The SMILES string of the molecule is CCCOc1cccnc1N1CCC(OCCCl)CC1. The Kier molecular flexibility index (Phi) is 6.40. The molecule has 0 aromatic carbocycles. The Bertz CT molecular complexity index is 395. The van der Waals surface area contributed by atoms with Crippen LogP contribution in [0.5, 0.6) is 5.75 Å². The lowest BCUT2D eigenvalue weighted by molar-refractivity contribution is 0.0470. The Morgan fingerprint density at radius 3 is 2.85 bits per heavy atom. The van der Waals surface area contributed by atoms with Gasteiger partial charge in [-0.25, -0.2) is 4.98 Å². The summed E-state index contributed by atoms with van der Waals surface area (Å²) < 4.78 is 11.5. The maximum atomic E-state index is 5.78. The molecule has 0 radical (unpaired) electrons. The normalized spacial score (nSPS) is 16.4. The van der Waals surface area contributed by atoms with Crippen LogP contribution < -0.4 is 9.64 Å². The molecule has 0 saturated carbocycles. The van der Waals surface area contributed by atoms with E-state index < -0.39 is 0 Å². The van der Waals surface area contributed by atoms with Crippen molar-refractivity contribution in [2.45, 2.75) is 32.3 Å². The van der Waals surface area contributed by atoms with Crippen molar-refractivity contribution in [1.82, 2.24) is 4.98 Å². The predicted molar refractivity (Wildman–Crippen MR) is 81.9 cm³/mol. The van der Waals surface area contributed by atoms with Crippen molar-refractivity contribution in [3.05, 3.63) is 18.3 Å². The summed E-state index contributed by atoms with van der Waals surface area (Å²) in [5.74, 6) is 2.40. The standard InChI is InChI=1S/C15H23ClN2O2/c1-2-11-20-14-4-3-8-17-15(14)18-9-5-13(6-10-18)19-12-7-16/h3-4,8,13H,2,5-7,9-12H2,1H3. The van der Waals surface area contributed by atoms with Gasteiger partial charge in [0, 0.05) is 25.2 Å². The van der Waals surface area contributed by atoms with Gasteiger partial charge in [0.2, 0.25) is 0 Å². The van der Waals surface area contributed by atoms with Gasteiger partial charge in [-0.15, -0.1) is 11.6 Å². The first-order valence-electron chi connectivity index (χ1n) is 7.35. The monoisotopic (exact) mass is 298 g/mol. The van der Waals surface area contributed by atoms with E-state index in [1.54, 1.807) is 0 Å². The molecule has 1 aliphatic heterocycles. The van der Waals surface area contributed by atoms with Gasteiger partial charge >= 0.3 is 0 Å². The van der Waals surface area contributed by atoms with Crippen LogP contribution in [0.4, 0.5) is 5.82 Å². The first-order chi connectivity index (χ1) is 9.85. The first-order valence-corrected chi connectivity index (χ1v) is 7.89. The minimum atomic E-state index is 0.328. The van der Waals surface area contributed by atoms with E-state index in [0.717, 1.165) is 50.5 Å². The topological polar surface area (TPSA) is 34.6 Å². The maximum Gasteiger partial charge on any atom is 0.171 e. The van der Waals surface area contributed by atoms with Crippen LogP contribution in [0.15, 0.2) is 18.3 Å². The smallest absolute Gasteiger partial charge is 0.171 e. The van der Waals surface area contributed by atoms with Gasteiger partial charge in [-0.1, -0.05) is 6.92 Å². The lowest BCUT2D eigenvalue weighted by Crippen LogP contribution is -2.38. The van der Waals surface area contributed by atoms with Gasteiger partial charge in [0.15, 0.2) is 11.6 Å². The number of halogens is 1. The van der Waals surface area contributed by atoms with Crippen LogP contribution in [0.25, 0.3) is 0 Å². The Hall–Kier alpha value is -1.00. The number of aromatic nitrogens is 1. The minimum absolute atomic E-state index is 0.328. The Labute approximate surface area is 126 Å².